The van der Waals surface area contributed by atoms with Gasteiger partial charge in [-0.2, -0.15) is 0 Å². The Balaban J connectivity index is 0.928. The van der Waals surface area contributed by atoms with E-state index in [2.05, 4.69) is 73.3 Å². The number of nitrogens with one attached hydrogen (secondary N) is 2. The molecule has 14 heteroatoms. The number of amides is 1. The zero-order valence-corrected chi connectivity index (χ0v) is 36.3. The van der Waals surface area contributed by atoms with Crippen LogP contribution in [-0.4, -0.2) is 102 Å². The molecular weight excluding hydrogens is 822 g/mol. The van der Waals surface area contributed by atoms with Gasteiger partial charge in [0.05, 0.1) is 16.4 Å². The van der Waals surface area contributed by atoms with Crippen LogP contribution in [0.5, 0.6) is 0 Å². The molecule has 0 aromatic heterocycles. The fraction of sp³-hybridized carbons (Fsp3) is 0.311. The maximum absolute atomic E-state index is 13.5. The summed E-state index contributed by atoms with van der Waals surface area (Å²) in [6.45, 7) is 7.90. The first-order valence-corrected chi connectivity index (χ1v) is 24.5. The van der Waals surface area contributed by atoms with E-state index in [0.717, 1.165) is 83.9 Å². The zero-order valence-electron chi connectivity index (χ0n) is 33.1. The molecule has 1 atom stereocenters. The third-order valence-corrected chi connectivity index (χ3v) is 15.3. The van der Waals surface area contributed by atoms with Gasteiger partial charge in [-0.1, -0.05) is 66.2 Å². The van der Waals surface area contributed by atoms with Gasteiger partial charge in [0, 0.05) is 91.0 Å². The highest BCUT2D eigenvalue weighted by Crippen LogP contribution is 2.28. The summed E-state index contributed by atoms with van der Waals surface area (Å²) in [5, 5.41) is 4.33. The molecular formula is C45H50ClN5O5S3. The number of anilines is 2. The van der Waals surface area contributed by atoms with Crippen LogP contribution in [0.1, 0.15) is 27.9 Å². The summed E-state index contributed by atoms with van der Waals surface area (Å²) in [4.78, 5) is 21.3. The molecule has 0 radical (unpaired) electrons. The SMILES string of the molecule is Cc1cc(S(=O)(=O)NC(=O)c2ccc(N3CCN(Cc4ccccc4-c4ccc(Cl)cc4)CC3)cc2)ccc1N[C@H](CCN1CCS(=O)(=O)CC1)CSc1ccccc1. The lowest BCUT2D eigenvalue weighted by Gasteiger charge is -2.36. The summed E-state index contributed by atoms with van der Waals surface area (Å²) in [5.74, 6) is 0.441. The number of nitrogens with zero attached hydrogens (tertiary/aromatic N) is 3. The van der Waals surface area contributed by atoms with E-state index in [1.807, 2.05) is 49.4 Å². The van der Waals surface area contributed by atoms with E-state index in [4.69, 9.17) is 11.6 Å². The van der Waals surface area contributed by atoms with Crippen LogP contribution in [0.15, 0.2) is 131 Å². The maximum atomic E-state index is 13.5. The molecule has 5 aromatic rings. The molecule has 0 aliphatic carbocycles. The van der Waals surface area contributed by atoms with Gasteiger partial charge in [0.1, 0.15) is 0 Å². The Hall–Kier alpha value is -4.37. The van der Waals surface area contributed by atoms with E-state index in [1.165, 1.54) is 17.2 Å². The second-order valence-corrected chi connectivity index (χ2v) is 20.6. The normalized spacial score (nSPS) is 16.7. The Bertz CT molecular complexity index is 2410. The predicted molar refractivity (Wildman–Crippen MR) is 241 cm³/mol. The Labute approximate surface area is 357 Å². The lowest BCUT2D eigenvalue weighted by atomic mass is 9.99. The molecule has 10 nitrogen and oxygen atoms in total. The van der Waals surface area contributed by atoms with Gasteiger partial charge in [0.15, 0.2) is 9.84 Å². The van der Waals surface area contributed by atoms with Gasteiger partial charge in [-0.15, -0.1) is 11.8 Å². The van der Waals surface area contributed by atoms with Crippen molar-refractivity contribution in [2.45, 2.75) is 35.7 Å². The van der Waals surface area contributed by atoms with Crippen LogP contribution in [0.3, 0.4) is 0 Å². The minimum Gasteiger partial charge on any atom is -0.381 e. The van der Waals surface area contributed by atoms with E-state index in [9.17, 15) is 21.6 Å². The Morgan fingerprint density at radius 3 is 2.17 bits per heavy atom. The van der Waals surface area contributed by atoms with Crippen LogP contribution >= 0.6 is 23.4 Å². The molecule has 2 heterocycles. The van der Waals surface area contributed by atoms with Crippen LogP contribution in [0.25, 0.3) is 11.1 Å². The summed E-state index contributed by atoms with van der Waals surface area (Å²) >= 11 is 7.86. The smallest absolute Gasteiger partial charge is 0.264 e. The number of sulfone groups is 1. The fourth-order valence-corrected chi connectivity index (χ4v) is 10.9. The Morgan fingerprint density at radius 2 is 1.47 bits per heavy atom. The van der Waals surface area contributed by atoms with Crippen LogP contribution in [-0.2, 0) is 26.4 Å². The number of sulfonamides is 1. The molecule has 0 spiro atoms. The zero-order chi connectivity index (χ0) is 41.4. The number of carbonyl (C=O) groups excluding carboxylic acids is 1. The quantitative estimate of drug-likeness (QED) is 0.103. The molecule has 0 unspecified atom stereocenters. The average Bonchev–Trinajstić information content (AvgIpc) is 3.24. The molecule has 7 rings (SSSR count). The number of carbonyl (C=O) groups is 1. The van der Waals surface area contributed by atoms with E-state index in [0.29, 0.717) is 13.1 Å². The summed E-state index contributed by atoms with van der Waals surface area (Å²) < 4.78 is 53.1. The third kappa shape index (κ3) is 11.7. The van der Waals surface area contributed by atoms with Gasteiger partial charge in [0.25, 0.3) is 15.9 Å². The largest absolute Gasteiger partial charge is 0.381 e. The number of benzene rings is 5. The van der Waals surface area contributed by atoms with Crippen LogP contribution in [0.4, 0.5) is 11.4 Å². The molecule has 2 fully saturated rings. The number of piperazine rings is 1. The van der Waals surface area contributed by atoms with E-state index in [1.54, 1.807) is 36.0 Å². The van der Waals surface area contributed by atoms with E-state index in [-0.39, 0.29) is 28.0 Å². The predicted octanol–water partition coefficient (Wildman–Crippen LogP) is 7.45. The topological polar surface area (TPSA) is 119 Å². The molecule has 5 aromatic carbocycles. The van der Waals surface area contributed by atoms with E-state index >= 15 is 0 Å². The number of thioether (sulfide) groups is 1. The molecule has 310 valence electrons. The van der Waals surface area contributed by atoms with E-state index < -0.39 is 25.8 Å². The minimum absolute atomic E-state index is 0.00363. The molecule has 0 bridgehead atoms. The summed E-state index contributed by atoms with van der Waals surface area (Å²) in [5.41, 5.74) is 6.38. The number of aryl methyl sites for hydroxylation is 1. The molecule has 2 aliphatic heterocycles. The highest BCUT2D eigenvalue weighted by atomic mass is 35.5. The van der Waals surface area contributed by atoms with Crippen molar-refractivity contribution < 1.29 is 21.6 Å². The van der Waals surface area contributed by atoms with Crippen molar-refractivity contribution in [2.75, 3.05) is 73.3 Å². The van der Waals surface area contributed by atoms with Crippen molar-refractivity contribution in [3.63, 3.8) is 0 Å². The molecule has 59 heavy (non-hydrogen) atoms. The molecule has 2 aliphatic rings. The number of halogens is 1. The fourth-order valence-electron chi connectivity index (χ4n) is 7.45. The lowest BCUT2D eigenvalue weighted by molar-refractivity contribution is 0.0981. The Kier molecular flexibility index (Phi) is 14.0. The first kappa shape index (κ1) is 42.7. The van der Waals surface area contributed by atoms with Crippen LogP contribution in [0.2, 0.25) is 5.02 Å². The van der Waals surface area contributed by atoms with Crippen molar-refractivity contribution >= 4 is 60.5 Å². The van der Waals surface area contributed by atoms with Crippen molar-refractivity contribution in [1.82, 2.24) is 14.5 Å². The van der Waals surface area contributed by atoms with Gasteiger partial charge >= 0.3 is 0 Å². The first-order chi connectivity index (χ1) is 28.4. The molecule has 1 amide bonds. The Morgan fingerprint density at radius 1 is 0.797 bits per heavy atom. The average molecular weight is 873 g/mol. The maximum Gasteiger partial charge on any atom is 0.264 e. The monoisotopic (exact) mass is 871 g/mol. The molecule has 2 N–H and O–H groups in total. The van der Waals surface area contributed by atoms with Gasteiger partial charge in [-0.25, -0.2) is 21.6 Å². The number of hydrogen-bond donors (Lipinski definition) is 2. The lowest BCUT2D eigenvalue weighted by Crippen LogP contribution is -2.46. The minimum atomic E-state index is -4.15. The highest BCUT2D eigenvalue weighted by Gasteiger charge is 2.24. The van der Waals surface area contributed by atoms with Crippen molar-refractivity contribution in [3.05, 3.63) is 143 Å². The molecule has 0 saturated carbocycles. The van der Waals surface area contributed by atoms with Crippen molar-refractivity contribution in [1.29, 1.82) is 0 Å². The second kappa shape index (κ2) is 19.3. The van der Waals surface area contributed by atoms with Crippen molar-refractivity contribution in [3.8, 4) is 11.1 Å². The van der Waals surface area contributed by atoms with Gasteiger partial charge in [-0.3, -0.25) is 9.69 Å². The van der Waals surface area contributed by atoms with Gasteiger partial charge in [0.2, 0.25) is 0 Å². The standard InChI is InChI=1S/C45H50ClN5O5S3/c1-34-31-42(19-20-44(34)47-39(33-57-41-8-3-2-4-9-41)21-22-49-27-29-58(53,54)30-28-49)59(55,56)48-45(52)36-13-17-40(18-14-36)51-25-23-50(24-26-51)32-37-7-5-6-10-43(37)35-11-15-38(46)16-12-35/h2-20,31,39,47H,21-30,32-33H2,1H3,(H,48,52)/t39-/m1/s1. The number of hydrogen-bond acceptors (Lipinski definition) is 10. The first-order valence-electron chi connectivity index (χ1n) is 19.9. The second-order valence-electron chi connectivity index (χ2n) is 15.1. The molecule has 2 saturated heterocycles. The summed E-state index contributed by atoms with van der Waals surface area (Å²) in [6, 6.07) is 38.5. The summed E-state index contributed by atoms with van der Waals surface area (Å²) in [7, 11) is -7.11. The highest BCUT2D eigenvalue weighted by molar-refractivity contribution is 7.99. The van der Waals surface area contributed by atoms with Crippen LogP contribution < -0.4 is 14.9 Å². The van der Waals surface area contributed by atoms with Gasteiger partial charge in [-0.05, 0) is 102 Å². The van der Waals surface area contributed by atoms with Gasteiger partial charge < -0.3 is 15.1 Å². The van der Waals surface area contributed by atoms with Crippen molar-refractivity contribution in [2.24, 2.45) is 0 Å². The number of rotatable bonds is 15. The summed E-state index contributed by atoms with van der Waals surface area (Å²) in [6.07, 6.45) is 0.783. The van der Waals surface area contributed by atoms with Crippen LogP contribution in [0, 0.1) is 6.92 Å². The third-order valence-electron chi connectivity index (χ3n) is 11.0.